The second kappa shape index (κ2) is 9.62. The van der Waals surface area contributed by atoms with Crippen LogP contribution in [0.5, 0.6) is 5.75 Å². The smallest absolute Gasteiger partial charge is 0.234 e. The molecule has 1 N–H and O–H groups in total. The average molecular weight is 429 g/mol. The standard InChI is InChI=1S/C21H21ClN4O2S/c1-4-11-26-20(15-6-8-16(28-3)9-7-15)24-25-21(26)29-13-19(27)23-18-10-5-14(2)12-17(18)22/h4-10,12H,1,11,13H2,2-3H3,(H,23,27). The molecule has 0 aliphatic carbocycles. The van der Waals surface area contributed by atoms with Gasteiger partial charge in [-0.25, -0.2) is 0 Å². The van der Waals surface area contributed by atoms with Crippen molar-refractivity contribution in [3.63, 3.8) is 0 Å². The van der Waals surface area contributed by atoms with Gasteiger partial charge in [-0.3, -0.25) is 9.36 Å². The fourth-order valence-corrected chi connectivity index (χ4v) is 3.71. The van der Waals surface area contributed by atoms with Gasteiger partial charge in [-0.1, -0.05) is 35.5 Å². The van der Waals surface area contributed by atoms with Gasteiger partial charge >= 0.3 is 0 Å². The summed E-state index contributed by atoms with van der Waals surface area (Å²) in [5, 5.41) is 12.5. The number of thioether (sulfide) groups is 1. The zero-order valence-electron chi connectivity index (χ0n) is 16.2. The van der Waals surface area contributed by atoms with E-state index < -0.39 is 0 Å². The first kappa shape index (κ1) is 21.0. The van der Waals surface area contributed by atoms with Crippen LogP contribution in [-0.4, -0.2) is 33.5 Å². The van der Waals surface area contributed by atoms with E-state index in [1.165, 1.54) is 11.8 Å². The Balaban J connectivity index is 1.72. The van der Waals surface area contributed by atoms with Crippen LogP contribution in [0, 0.1) is 6.92 Å². The average Bonchev–Trinajstić information content (AvgIpc) is 3.11. The molecule has 0 spiro atoms. The molecule has 1 amide bonds. The van der Waals surface area contributed by atoms with Crippen LogP contribution in [0.2, 0.25) is 5.02 Å². The second-order valence-electron chi connectivity index (χ2n) is 6.25. The van der Waals surface area contributed by atoms with E-state index in [0.29, 0.717) is 28.2 Å². The summed E-state index contributed by atoms with van der Waals surface area (Å²) in [6, 6.07) is 13.1. The summed E-state index contributed by atoms with van der Waals surface area (Å²) in [6.45, 7) is 6.28. The number of halogens is 1. The SMILES string of the molecule is C=CCn1c(SCC(=O)Nc2ccc(C)cc2Cl)nnc1-c1ccc(OC)cc1. The summed E-state index contributed by atoms with van der Waals surface area (Å²) in [6.07, 6.45) is 1.77. The van der Waals surface area contributed by atoms with Gasteiger partial charge in [-0.2, -0.15) is 0 Å². The number of methoxy groups -OCH3 is 1. The van der Waals surface area contributed by atoms with Gasteiger partial charge in [-0.05, 0) is 48.9 Å². The number of rotatable bonds is 8. The molecule has 1 aromatic heterocycles. The first-order valence-corrected chi connectivity index (χ1v) is 10.3. The van der Waals surface area contributed by atoms with E-state index in [1.54, 1.807) is 19.3 Å². The predicted molar refractivity (Wildman–Crippen MR) is 118 cm³/mol. The minimum absolute atomic E-state index is 0.167. The lowest BCUT2D eigenvalue weighted by molar-refractivity contribution is -0.113. The van der Waals surface area contributed by atoms with Crippen molar-refractivity contribution in [3.05, 3.63) is 65.7 Å². The summed E-state index contributed by atoms with van der Waals surface area (Å²) in [4.78, 5) is 12.4. The van der Waals surface area contributed by atoms with Crippen molar-refractivity contribution < 1.29 is 9.53 Å². The highest BCUT2D eigenvalue weighted by atomic mass is 35.5. The van der Waals surface area contributed by atoms with Gasteiger partial charge in [-0.15, -0.1) is 16.8 Å². The molecular formula is C21H21ClN4O2S. The molecular weight excluding hydrogens is 408 g/mol. The summed E-state index contributed by atoms with van der Waals surface area (Å²) in [7, 11) is 1.62. The molecule has 8 heteroatoms. The van der Waals surface area contributed by atoms with Crippen LogP contribution in [0.1, 0.15) is 5.56 Å². The zero-order chi connectivity index (χ0) is 20.8. The molecule has 0 aliphatic heterocycles. The Morgan fingerprint density at radius 2 is 2.03 bits per heavy atom. The van der Waals surface area contributed by atoms with Gasteiger partial charge in [0.15, 0.2) is 11.0 Å². The van der Waals surface area contributed by atoms with Gasteiger partial charge in [0.2, 0.25) is 5.91 Å². The highest BCUT2D eigenvalue weighted by Gasteiger charge is 2.15. The van der Waals surface area contributed by atoms with E-state index in [9.17, 15) is 4.79 Å². The normalized spacial score (nSPS) is 10.6. The fraction of sp³-hybridized carbons (Fsp3) is 0.190. The number of hydrogen-bond acceptors (Lipinski definition) is 5. The van der Waals surface area contributed by atoms with E-state index >= 15 is 0 Å². The van der Waals surface area contributed by atoms with Gasteiger partial charge < -0.3 is 10.1 Å². The fourth-order valence-electron chi connectivity index (χ4n) is 2.68. The number of amides is 1. The zero-order valence-corrected chi connectivity index (χ0v) is 17.8. The van der Waals surface area contributed by atoms with Crippen molar-refractivity contribution >= 4 is 35.0 Å². The van der Waals surface area contributed by atoms with Crippen LogP contribution >= 0.6 is 23.4 Å². The van der Waals surface area contributed by atoms with Crippen molar-refractivity contribution in [2.75, 3.05) is 18.2 Å². The molecule has 0 unspecified atom stereocenters. The third kappa shape index (κ3) is 5.19. The predicted octanol–water partition coefficient (Wildman–Crippen LogP) is 4.83. The van der Waals surface area contributed by atoms with Crippen LogP contribution in [0.3, 0.4) is 0 Å². The Kier molecular flexibility index (Phi) is 6.95. The molecule has 0 fully saturated rings. The van der Waals surface area contributed by atoms with Gasteiger partial charge in [0.05, 0.1) is 23.6 Å². The molecule has 150 valence electrons. The summed E-state index contributed by atoms with van der Waals surface area (Å²) >= 11 is 7.49. The molecule has 3 aromatic rings. The number of hydrogen-bond donors (Lipinski definition) is 1. The van der Waals surface area contributed by atoms with Gasteiger partial charge in [0.1, 0.15) is 5.75 Å². The molecule has 29 heavy (non-hydrogen) atoms. The Morgan fingerprint density at radius 1 is 1.28 bits per heavy atom. The largest absolute Gasteiger partial charge is 0.497 e. The molecule has 0 saturated carbocycles. The van der Waals surface area contributed by atoms with Crippen LogP contribution in [-0.2, 0) is 11.3 Å². The van der Waals surface area contributed by atoms with Crippen LogP contribution in [0.25, 0.3) is 11.4 Å². The Morgan fingerprint density at radius 3 is 2.69 bits per heavy atom. The first-order chi connectivity index (χ1) is 14.0. The summed E-state index contributed by atoms with van der Waals surface area (Å²) in [5.41, 5.74) is 2.53. The number of ether oxygens (including phenoxy) is 1. The van der Waals surface area contributed by atoms with E-state index in [1.807, 2.05) is 47.9 Å². The minimum atomic E-state index is -0.167. The van der Waals surface area contributed by atoms with E-state index in [-0.39, 0.29) is 11.7 Å². The number of nitrogens with one attached hydrogen (secondary N) is 1. The van der Waals surface area contributed by atoms with Gasteiger partial charge in [0.25, 0.3) is 0 Å². The lowest BCUT2D eigenvalue weighted by Crippen LogP contribution is -2.15. The quantitative estimate of drug-likeness (QED) is 0.411. The number of nitrogens with zero attached hydrogens (tertiary/aromatic N) is 3. The highest BCUT2D eigenvalue weighted by Crippen LogP contribution is 2.27. The number of benzene rings is 2. The Bertz CT molecular complexity index is 1020. The molecule has 0 saturated heterocycles. The van der Waals surface area contributed by atoms with Crippen molar-refractivity contribution in [2.24, 2.45) is 0 Å². The maximum absolute atomic E-state index is 12.4. The number of allylic oxidation sites excluding steroid dienone is 1. The lowest BCUT2D eigenvalue weighted by Gasteiger charge is -2.09. The number of aryl methyl sites for hydroxylation is 1. The van der Waals surface area contributed by atoms with Crippen molar-refractivity contribution in [1.82, 2.24) is 14.8 Å². The molecule has 6 nitrogen and oxygen atoms in total. The maximum atomic E-state index is 12.4. The molecule has 1 heterocycles. The molecule has 3 rings (SSSR count). The Labute approximate surface area is 178 Å². The topological polar surface area (TPSA) is 69.0 Å². The number of carbonyl (C=O) groups is 1. The van der Waals surface area contributed by atoms with E-state index in [2.05, 4.69) is 22.1 Å². The highest BCUT2D eigenvalue weighted by molar-refractivity contribution is 7.99. The molecule has 0 radical (unpaired) electrons. The minimum Gasteiger partial charge on any atom is -0.497 e. The molecule has 2 aromatic carbocycles. The number of aromatic nitrogens is 3. The van der Waals surface area contributed by atoms with Crippen molar-refractivity contribution in [1.29, 1.82) is 0 Å². The second-order valence-corrected chi connectivity index (χ2v) is 7.60. The molecule has 0 bridgehead atoms. The Hall–Kier alpha value is -2.77. The van der Waals surface area contributed by atoms with Crippen LogP contribution in [0.15, 0.2) is 60.3 Å². The van der Waals surface area contributed by atoms with Crippen LogP contribution in [0.4, 0.5) is 5.69 Å². The third-order valence-corrected chi connectivity index (χ3v) is 5.39. The number of carbonyl (C=O) groups excluding carboxylic acids is 1. The van der Waals surface area contributed by atoms with E-state index in [4.69, 9.17) is 16.3 Å². The monoisotopic (exact) mass is 428 g/mol. The number of anilines is 1. The van der Waals surface area contributed by atoms with E-state index in [0.717, 1.165) is 16.9 Å². The third-order valence-electron chi connectivity index (χ3n) is 4.11. The van der Waals surface area contributed by atoms with Gasteiger partial charge in [0, 0.05) is 12.1 Å². The summed E-state index contributed by atoms with van der Waals surface area (Å²) in [5.74, 6) is 1.49. The lowest BCUT2D eigenvalue weighted by atomic mass is 10.2. The van der Waals surface area contributed by atoms with Crippen molar-refractivity contribution in [2.45, 2.75) is 18.6 Å². The van der Waals surface area contributed by atoms with Crippen molar-refractivity contribution in [3.8, 4) is 17.1 Å². The maximum Gasteiger partial charge on any atom is 0.234 e. The molecule has 0 aliphatic rings. The van der Waals surface area contributed by atoms with Crippen LogP contribution < -0.4 is 10.1 Å². The summed E-state index contributed by atoms with van der Waals surface area (Å²) < 4.78 is 7.12. The molecule has 0 atom stereocenters. The first-order valence-electron chi connectivity index (χ1n) is 8.89.